The number of nitrogens with one attached hydrogen (secondary N) is 1. The van der Waals surface area contributed by atoms with Crippen LogP contribution >= 0.6 is 12.4 Å². The number of piperidine rings is 1. The van der Waals surface area contributed by atoms with E-state index in [9.17, 15) is 14.4 Å². The molecule has 1 saturated heterocycles. The predicted molar refractivity (Wildman–Crippen MR) is 105 cm³/mol. The van der Waals surface area contributed by atoms with Crippen molar-refractivity contribution in [1.29, 1.82) is 0 Å². The Labute approximate surface area is 163 Å². The van der Waals surface area contributed by atoms with E-state index in [4.69, 9.17) is 0 Å². The van der Waals surface area contributed by atoms with E-state index in [1.807, 2.05) is 7.05 Å². The molecule has 2 aromatic heterocycles. The van der Waals surface area contributed by atoms with Gasteiger partial charge in [0.25, 0.3) is 5.56 Å². The second kappa shape index (κ2) is 8.71. The molecule has 0 aliphatic carbocycles. The number of hydrogen-bond donors (Lipinski definition) is 1. The highest BCUT2D eigenvalue weighted by Gasteiger charge is 2.24. The van der Waals surface area contributed by atoms with Gasteiger partial charge in [0, 0.05) is 27.2 Å². The number of hydrogen-bond acceptors (Lipinski definition) is 5. The van der Waals surface area contributed by atoms with Gasteiger partial charge in [0.05, 0.1) is 6.33 Å². The molecular formula is C17H27ClN6O3. The van der Waals surface area contributed by atoms with Gasteiger partial charge in [-0.2, -0.15) is 0 Å². The zero-order chi connectivity index (χ0) is 18.8. The van der Waals surface area contributed by atoms with Crippen LogP contribution in [0.2, 0.25) is 0 Å². The Morgan fingerprint density at radius 2 is 1.93 bits per heavy atom. The summed E-state index contributed by atoms with van der Waals surface area (Å²) in [6.07, 6.45) is 4.52. The molecule has 150 valence electrons. The third kappa shape index (κ3) is 4.08. The van der Waals surface area contributed by atoms with Crippen LogP contribution in [0.3, 0.4) is 0 Å². The van der Waals surface area contributed by atoms with Crippen molar-refractivity contribution in [3.05, 3.63) is 27.2 Å². The maximum absolute atomic E-state index is 12.7. The number of rotatable bonds is 5. The molecule has 10 heteroatoms. The molecule has 0 unspecified atom stereocenters. The van der Waals surface area contributed by atoms with Crippen molar-refractivity contribution in [2.75, 3.05) is 26.7 Å². The highest BCUT2D eigenvalue weighted by Crippen LogP contribution is 2.20. The molecule has 0 bridgehead atoms. The Morgan fingerprint density at radius 1 is 1.26 bits per heavy atom. The van der Waals surface area contributed by atoms with Crippen LogP contribution in [0.4, 0.5) is 0 Å². The van der Waals surface area contributed by atoms with Crippen molar-refractivity contribution in [3.63, 3.8) is 0 Å². The van der Waals surface area contributed by atoms with Gasteiger partial charge in [0.15, 0.2) is 11.2 Å². The fourth-order valence-electron chi connectivity index (χ4n) is 3.59. The number of amides is 1. The number of fused-ring (bicyclic) bond motifs is 1. The van der Waals surface area contributed by atoms with E-state index in [0.29, 0.717) is 30.2 Å². The highest BCUT2D eigenvalue weighted by molar-refractivity contribution is 5.85. The van der Waals surface area contributed by atoms with Gasteiger partial charge in [0.1, 0.15) is 6.54 Å². The lowest BCUT2D eigenvalue weighted by molar-refractivity contribution is -0.133. The van der Waals surface area contributed by atoms with Crippen molar-refractivity contribution in [2.45, 2.75) is 25.8 Å². The Kier molecular flexibility index (Phi) is 6.83. The molecule has 9 nitrogen and oxygen atoms in total. The molecule has 0 spiro atoms. The van der Waals surface area contributed by atoms with Crippen molar-refractivity contribution in [2.24, 2.45) is 20.0 Å². The molecular weight excluding hydrogens is 372 g/mol. The maximum atomic E-state index is 12.7. The van der Waals surface area contributed by atoms with Crippen molar-refractivity contribution in [3.8, 4) is 0 Å². The van der Waals surface area contributed by atoms with Crippen LogP contribution in [0.5, 0.6) is 0 Å². The van der Waals surface area contributed by atoms with Gasteiger partial charge in [-0.05, 0) is 38.8 Å². The Bertz CT molecular complexity index is 923. The smallest absolute Gasteiger partial charge is 0.332 e. The van der Waals surface area contributed by atoms with Gasteiger partial charge in [-0.1, -0.05) is 0 Å². The number of aryl methyl sites for hydroxylation is 2. The van der Waals surface area contributed by atoms with E-state index in [0.717, 1.165) is 30.4 Å². The van der Waals surface area contributed by atoms with Crippen LogP contribution in [-0.4, -0.2) is 56.2 Å². The van der Waals surface area contributed by atoms with E-state index in [1.54, 1.807) is 23.6 Å². The SMILES string of the molecule is CNCCC1CCN(C(=O)Cn2c(=O)c3c(ncn3C)n(C)c2=O)CC1.Cl. The number of halogens is 1. The zero-order valence-electron chi connectivity index (χ0n) is 16.0. The lowest BCUT2D eigenvalue weighted by Gasteiger charge is -2.32. The van der Waals surface area contributed by atoms with Crippen LogP contribution in [0.15, 0.2) is 15.9 Å². The number of aromatic nitrogens is 4. The van der Waals surface area contributed by atoms with Crippen LogP contribution in [0.1, 0.15) is 19.3 Å². The van der Waals surface area contributed by atoms with Crippen LogP contribution in [0.25, 0.3) is 11.2 Å². The van der Waals surface area contributed by atoms with Crippen molar-refractivity contribution < 1.29 is 4.79 Å². The third-order valence-corrected chi connectivity index (χ3v) is 5.26. The molecule has 0 aromatic carbocycles. The molecule has 1 aliphatic heterocycles. The first-order valence-electron chi connectivity index (χ1n) is 8.97. The Morgan fingerprint density at radius 3 is 2.56 bits per heavy atom. The summed E-state index contributed by atoms with van der Waals surface area (Å²) in [5, 5.41) is 3.15. The normalized spacial score (nSPS) is 15.1. The Balaban J connectivity index is 0.00000261. The molecule has 1 amide bonds. The lowest BCUT2D eigenvalue weighted by atomic mass is 9.93. The van der Waals surface area contributed by atoms with Gasteiger partial charge in [0.2, 0.25) is 5.91 Å². The summed E-state index contributed by atoms with van der Waals surface area (Å²) in [5.74, 6) is 0.436. The van der Waals surface area contributed by atoms with Crippen LogP contribution in [0, 0.1) is 5.92 Å². The minimum atomic E-state index is -0.515. The number of carbonyl (C=O) groups is 1. The standard InChI is InChI=1S/C17H26N6O3.ClH/c1-18-7-4-12-5-8-22(9-6-12)13(24)10-23-16(25)14-15(19-11-20(14)2)21(3)17(23)26;/h11-12,18H,4-10H2,1-3H3;1H. The minimum Gasteiger partial charge on any atom is -0.341 e. The van der Waals surface area contributed by atoms with E-state index in [-0.39, 0.29) is 24.9 Å². The molecule has 3 rings (SSSR count). The summed E-state index contributed by atoms with van der Waals surface area (Å²) in [5.41, 5.74) is -0.332. The third-order valence-electron chi connectivity index (χ3n) is 5.26. The van der Waals surface area contributed by atoms with Gasteiger partial charge in [-0.3, -0.25) is 14.2 Å². The number of nitrogens with zero attached hydrogens (tertiary/aromatic N) is 5. The van der Waals surface area contributed by atoms with Crippen LogP contribution in [-0.2, 0) is 25.4 Å². The average molecular weight is 399 g/mol. The highest BCUT2D eigenvalue weighted by atomic mass is 35.5. The molecule has 0 saturated carbocycles. The monoisotopic (exact) mass is 398 g/mol. The van der Waals surface area contributed by atoms with E-state index < -0.39 is 11.2 Å². The second-order valence-electron chi connectivity index (χ2n) is 6.98. The fraction of sp³-hybridized carbons (Fsp3) is 0.647. The van der Waals surface area contributed by atoms with Crippen molar-refractivity contribution >= 4 is 29.5 Å². The van der Waals surface area contributed by atoms with Gasteiger partial charge in [-0.15, -0.1) is 12.4 Å². The zero-order valence-corrected chi connectivity index (χ0v) is 16.8. The van der Waals surface area contributed by atoms with E-state index in [2.05, 4.69) is 10.3 Å². The first kappa shape index (κ1) is 21.2. The number of carbonyl (C=O) groups excluding carboxylic acids is 1. The maximum Gasteiger partial charge on any atom is 0.332 e. The molecule has 1 N–H and O–H groups in total. The lowest BCUT2D eigenvalue weighted by Crippen LogP contribution is -2.46. The fourth-order valence-corrected chi connectivity index (χ4v) is 3.59. The summed E-state index contributed by atoms with van der Waals surface area (Å²) in [4.78, 5) is 43.7. The minimum absolute atomic E-state index is 0. The summed E-state index contributed by atoms with van der Waals surface area (Å²) >= 11 is 0. The second-order valence-corrected chi connectivity index (χ2v) is 6.98. The first-order chi connectivity index (χ1) is 12.4. The average Bonchev–Trinajstić information content (AvgIpc) is 3.03. The molecule has 1 fully saturated rings. The van der Waals surface area contributed by atoms with E-state index in [1.165, 1.54) is 10.9 Å². The molecule has 1 aliphatic rings. The van der Waals surface area contributed by atoms with Gasteiger partial charge >= 0.3 is 5.69 Å². The van der Waals surface area contributed by atoms with Gasteiger partial charge in [-0.25, -0.2) is 14.3 Å². The van der Waals surface area contributed by atoms with E-state index >= 15 is 0 Å². The van der Waals surface area contributed by atoms with Gasteiger partial charge < -0.3 is 14.8 Å². The number of likely N-dealkylation sites (tertiary alicyclic amines) is 1. The first-order valence-corrected chi connectivity index (χ1v) is 8.97. The summed E-state index contributed by atoms with van der Waals surface area (Å²) in [6.45, 7) is 2.11. The summed E-state index contributed by atoms with van der Waals surface area (Å²) in [6, 6.07) is 0. The van der Waals surface area contributed by atoms with Crippen molar-refractivity contribution in [1.82, 2.24) is 28.9 Å². The molecule has 2 aromatic rings. The summed E-state index contributed by atoms with van der Waals surface area (Å²) < 4.78 is 3.90. The Hall–Kier alpha value is -2.13. The molecule has 0 radical (unpaired) electrons. The molecule has 3 heterocycles. The number of imidazole rings is 1. The predicted octanol–water partition coefficient (Wildman–Crippen LogP) is -0.296. The van der Waals surface area contributed by atoms with Crippen LogP contribution < -0.4 is 16.6 Å². The molecule has 27 heavy (non-hydrogen) atoms. The quantitative estimate of drug-likeness (QED) is 0.746. The largest absolute Gasteiger partial charge is 0.341 e. The molecule has 0 atom stereocenters. The summed E-state index contributed by atoms with van der Waals surface area (Å²) in [7, 11) is 5.20. The topological polar surface area (TPSA) is 94.2 Å².